The third kappa shape index (κ3) is 2.98. The lowest BCUT2D eigenvalue weighted by Gasteiger charge is -2.10. The molecule has 2 N–H and O–H groups in total. The number of aromatic amines is 1. The van der Waals surface area contributed by atoms with E-state index in [2.05, 4.69) is 28.5 Å². The molecular formula is C19H19N3O. The van der Waals surface area contributed by atoms with Crippen molar-refractivity contribution in [3.8, 4) is 17.1 Å². The van der Waals surface area contributed by atoms with E-state index in [1.807, 2.05) is 36.4 Å². The van der Waals surface area contributed by atoms with Gasteiger partial charge in [-0.2, -0.15) is 0 Å². The molecule has 0 radical (unpaired) electrons. The third-order valence-corrected chi connectivity index (χ3v) is 4.08. The molecule has 116 valence electrons. The molecule has 1 aromatic heterocycles. The SMILES string of the molecule is c1ccc(COc2ccccc2-c2nc3c([nH]2)CNCC3)cc1. The molecule has 0 atom stereocenters. The predicted molar refractivity (Wildman–Crippen MR) is 90.2 cm³/mol. The molecule has 2 aromatic carbocycles. The molecule has 4 nitrogen and oxygen atoms in total. The molecule has 0 saturated carbocycles. The molecule has 0 bridgehead atoms. The molecule has 0 amide bonds. The van der Waals surface area contributed by atoms with Crippen LogP contribution in [0.1, 0.15) is 17.0 Å². The highest BCUT2D eigenvalue weighted by Crippen LogP contribution is 2.29. The summed E-state index contributed by atoms with van der Waals surface area (Å²) in [5.41, 5.74) is 4.52. The number of para-hydroxylation sites is 1. The first kappa shape index (κ1) is 14.0. The van der Waals surface area contributed by atoms with E-state index in [0.717, 1.165) is 47.9 Å². The van der Waals surface area contributed by atoms with Crippen molar-refractivity contribution in [2.24, 2.45) is 0 Å². The number of imidazole rings is 1. The van der Waals surface area contributed by atoms with Crippen LogP contribution in [0.2, 0.25) is 0 Å². The average Bonchev–Trinajstić information content (AvgIpc) is 3.05. The van der Waals surface area contributed by atoms with Gasteiger partial charge >= 0.3 is 0 Å². The second-order valence-electron chi connectivity index (χ2n) is 5.71. The maximum Gasteiger partial charge on any atom is 0.141 e. The summed E-state index contributed by atoms with van der Waals surface area (Å²) in [6.07, 6.45) is 0.971. The van der Waals surface area contributed by atoms with Gasteiger partial charge in [-0.1, -0.05) is 42.5 Å². The first-order valence-electron chi connectivity index (χ1n) is 7.95. The number of H-pyrrole nitrogens is 1. The molecule has 0 spiro atoms. The Labute approximate surface area is 135 Å². The Morgan fingerprint density at radius 3 is 2.70 bits per heavy atom. The number of benzene rings is 2. The number of fused-ring (bicyclic) bond motifs is 1. The molecule has 23 heavy (non-hydrogen) atoms. The molecule has 2 heterocycles. The molecule has 4 rings (SSSR count). The van der Waals surface area contributed by atoms with Gasteiger partial charge in [0.15, 0.2) is 0 Å². The fourth-order valence-electron chi connectivity index (χ4n) is 2.87. The summed E-state index contributed by atoms with van der Waals surface area (Å²) in [5.74, 6) is 1.75. The highest BCUT2D eigenvalue weighted by Gasteiger charge is 2.16. The molecular weight excluding hydrogens is 286 g/mol. The zero-order valence-corrected chi connectivity index (χ0v) is 12.9. The van der Waals surface area contributed by atoms with E-state index in [0.29, 0.717) is 6.61 Å². The van der Waals surface area contributed by atoms with Crippen LogP contribution in [0.3, 0.4) is 0 Å². The number of rotatable bonds is 4. The lowest BCUT2D eigenvalue weighted by Crippen LogP contribution is -2.23. The van der Waals surface area contributed by atoms with E-state index in [9.17, 15) is 0 Å². The van der Waals surface area contributed by atoms with Crippen LogP contribution >= 0.6 is 0 Å². The fourth-order valence-corrected chi connectivity index (χ4v) is 2.87. The van der Waals surface area contributed by atoms with Crippen LogP contribution in [0, 0.1) is 0 Å². The van der Waals surface area contributed by atoms with E-state index < -0.39 is 0 Å². The minimum absolute atomic E-state index is 0.555. The van der Waals surface area contributed by atoms with Gasteiger partial charge in [-0.15, -0.1) is 0 Å². The van der Waals surface area contributed by atoms with Crippen molar-refractivity contribution in [3.05, 3.63) is 71.5 Å². The topological polar surface area (TPSA) is 49.9 Å². The second kappa shape index (κ2) is 6.26. The van der Waals surface area contributed by atoms with Crippen LogP contribution in [0.5, 0.6) is 5.75 Å². The lowest BCUT2D eigenvalue weighted by molar-refractivity contribution is 0.307. The Kier molecular flexibility index (Phi) is 3.82. The summed E-state index contributed by atoms with van der Waals surface area (Å²) < 4.78 is 6.03. The number of hydrogen-bond donors (Lipinski definition) is 2. The summed E-state index contributed by atoms with van der Waals surface area (Å²) in [6, 6.07) is 18.3. The highest BCUT2D eigenvalue weighted by molar-refractivity contribution is 5.64. The summed E-state index contributed by atoms with van der Waals surface area (Å²) in [7, 11) is 0. The minimum atomic E-state index is 0.555. The lowest BCUT2D eigenvalue weighted by atomic mass is 10.2. The van der Waals surface area contributed by atoms with Gasteiger partial charge in [-0.25, -0.2) is 4.98 Å². The van der Waals surface area contributed by atoms with E-state index in [-0.39, 0.29) is 0 Å². The molecule has 0 fully saturated rings. The van der Waals surface area contributed by atoms with Crippen LogP contribution in [0.4, 0.5) is 0 Å². The zero-order valence-electron chi connectivity index (χ0n) is 12.9. The van der Waals surface area contributed by atoms with Gasteiger partial charge in [-0.05, 0) is 17.7 Å². The van der Waals surface area contributed by atoms with Gasteiger partial charge < -0.3 is 15.0 Å². The predicted octanol–water partition coefficient (Wildman–Crippen LogP) is 3.30. The van der Waals surface area contributed by atoms with Gasteiger partial charge in [0.25, 0.3) is 0 Å². The largest absolute Gasteiger partial charge is 0.488 e. The quantitative estimate of drug-likeness (QED) is 0.777. The average molecular weight is 305 g/mol. The minimum Gasteiger partial charge on any atom is -0.488 e. The molecule has 1 aliphatic heterocycles. The molecule has 4 heteroatoms. The summed E-state index contributed by atoms with van der Waals surface area (Å²) >= 11 is 0. The molecule has 0 unspecified atom stereocenters. The van der Waals surface area contributed by atoms with Crippen molar-refractivity contribution in [1.29, 1.82) is 0 Å². The van der Waals surface area contributed by atoms with Crippen LogP contribution in [0.25, 0.3) is 11.4 Å². The van der Waals surface area contributed by atoms with E-state index in [4.69, 9.17) is 9.72 Å². The van der Waals surface area contributed by atoms with E-state index >= 15 is 0 Å². The Morgan fingerprint density at radius 1 is 1.00 bits per heavy atom. The highest BCUT2D eigenvalue weighted by atomic mass is 16.5. The Morgan fingerprint density at radius 2 is 1.83 bits per heavy atom. The summed E-state index contributed by atoms with van der Waals surface area (Å²) in [5, 5.41) is 3.36. The van der Waals surface area contributed by atoms with E-state index in [1.165, 1.54) is 5.69 Å². The van der Waals surface area contributed by atoms with Crippen molar-refractivity contribution in [2.75, 3.05) is 6.54 Å². The smallest absolute Gasteiger partial charge is 0.141 e. The van der Waals surface area contributed by atoms with Crippen molar-refractivity contribution < 1.29 is 4.74 Å². The Bertz CT molecular complexity index is 772. The standard InChI is InChI=1S/C19H19N3O/c1-2-6-14(7-3-1)13-23-18-9-5-4-8-15(18)19-21-16-10-11-20-12-17(16)22-19/h1-9,20H,10-13H2,(H,21,22). The fraction of sp³-hybridized carbons (Fsp3) is 0.211. The summed E-state index contributed by atoms with van der Waals surface area (Å²) in [4.78, 5) is 8.20. The van der Waals surface area contributed by atoms with Crippen molar-refractivity contribution in [2.45, 2.75) is 19.6 Å². The first-order valence-corrected chi connectivity index (χ1v) is 7.95. The monoisotopic (exact) mass is 305 g/mol. The number of nitrogens with one attached hydrogen (secondary N) is 2. The molecule has 3 aromatic rings. The Hall–Kier alpha value is -2.59. The van der Waals surface area contributed by atoms with Gasteiger partial charge in [0.1, 0.15) is 18.2 Å². The number of ether oxygens (including phenoxy) is 1. The number of nitrogens with zero attached hydrogens (tertiary/aromatic N) is 1. The second-order valence-corrected chi connectivity index (χ2v) is 5.71. The maximum atomic E-state index is 6.03. The summed E-state index contributed by atoms with van der Waals surface area (Å²) in [6.45, 7) is 2.40. The van der Waals surface area contributed by atoms with Gasteiger partial charge in [0, 0.05) is 19.5 Å². The van der Waals surface area contributed by atoms with Crippen molar-refractivity contribution >= 4 is 0 Å². The normalized spacial score (nSPS) is 13.6. The third-order valence-electron chi connectivity index (χ3n) is 4.08. The van der Waals surface area contributed by atoms with Gasteiger partial charge in [-0.3, -0.25) is 0 Å². The van der Waals surface area contributed by atoms with Crippen molar-refractivity contribution in [3.63, 3.8) is 0 Å². The molecule has 1 aliphatic rings. The van der Waals surface area contributed by atoms with Gasteiger partial charge in [0.2, 0.25) is 0 Å². The number of hydrogen-bond acceptors (Lipinski definition) is 3. The van der Waals surface area contributed by atoms with Gasteiger partial charge in [0.05, 0.1) is 17.0 Å². The zero-order chi connectivity index (χ0) is 15.5. The van der Waals surface area contributed by atoms with Crippen LogP contribution < -0.4 is 10.1 Å². The molecule has 0 saturated heterocycles. The van der Waals surface area contributed by atoms with Crippen LogP contribution in [-0.2, 0) is 19.6 Å². The Balaban J connectivity index is 1.60. The van der Waals surface area contributed by atoms with Crippen molar-refractivity contribution in [1.82, 2.24) is 15.3 Å². The first-order chi connectivity index (χ1) is 11.4. The van der Waals surface area contributed by atoms with Crippen LogP contribution in [-0.4, -0.2) is 16.5 Å². The maximum absolute atomic E-state index is 6.03. The molecule has 0 aliphatic carbocycles. The van der Waals surface area contributed by atoms with E-state index in [1.54, 1.807) is 0 Å². The number of aromatic nitrogens is 2. The van der Waals surface area contributed by atoms with Crippen LogP contribution in [0.15, 0.2) is 54.6 Å².